The minimum absolute atomic E-state index is 0.704. The minimum atomic E-state index is 0.704. The summed E-state index contributed by atoms with van der Waals surface area (Å²) >= 11 is 0. The molecule has 0 fully saturated rings. The van der Waals surface area contributed by atoms with Crippen molar-refractivity contribution in [1.29, 1.82) is 0 Å². The predicted molar refractivity (Wildman–Crippen MR) is 77.9 cm³/mol. The normalized spacial score (nSPS) is 10.5. The summed E-state index contributed by atoms with van der Waals surface area (Å²) in [6.45, 7) is 2.25. The molecule has 0 amide bonds. The van der Waals surface area contributed by atoms with E-state index in [4.69, 9.17) is 0 Å². The first kappa shape index (κ1) is 14.9. The molecule has 100 valence electrons. The van der Waals surface area contributed by atoms with Crippen LogP contribution in [0.2, 0.25) is 0 Å². The summed E-state index contributed by atoms with van der Waals surface area (Å²) in [6, 6.07) is 9.02. The lowest BCUT2D eigenvalue weighted by atomic mass is 10.0. The summed E-state index contributed by atoms with van der Waals surface area (Å²) in [4.78, 5) is 10.2. The maximum Gasteiger partial charge on any atom is 0.119 e. The molecule has 0 aliphatic heterocycles. The fraction of sp³-hybridized carbons (Fsp3) is 0.588. The van der Waals surface area contributed by atoms with Crippen LogP contribution in [0.5, 0.6) is 0 Å². The zero-order valence-corrected chi connectivity index (χ0v) is 11.7. The van der Waals surface area contributed by atoms with Crippen LogP contribution in [-0.2, 0) is 17.6 Å². The minimum Gasteiger partial charge on any atom is -0.303 e. The highest BCUT2D eigenvalue weighted by Gasteiger charge is 1.96. The number of carbonyl (C=O) groups excluding carboxylic acids is 1. The van der Waals surface area contributed by atoms with E-state index >= 15 is 0 Å². The van der Waals surface area contributed by atoms with Gasteiger partial charge in [0.15, 0.2) is 0 Å². The molecule has 0 heterocycles. The Morgan fingerprint density at radius 2 is 1.39 bits per heavy atom. The van der Waals surface area contributed by atoms with Crippen LogP contribution in [0.4, 0.5) is 0 Å². The topological polar surface area (TPSA) is 17.1 Å². The summed E-state index contributed by atoms with van der Waals surface area (Å²) < 4.78 is 0. The van der Waals surface area contributed by atoms with Crippen molar-refractivity contribution in [1.82, 2.24) is 0 Å². The van der Waals surface area contributed by atoms with Gasteiger partial charge in [-0.2, -0.15) is 0 Å². The first-order valence-electron chi connectivity index (χ1n) is 7.38. The third-order valence-corrected chi connectivity index (χ3v) is 3.38. The molecule has 0 radical (unpaired) electrons. The standard InChI is InChI=1S/C17H26O/c1-2-3-4-6-9-16-11-13-17(14-12-16)10-7-5-8-15-18/h11-15H,2-10H2,1H3. The third-order valence-electron chi connectivity index (χ3n) is 3.38. The Bertz CT molecular complexity index is 313. The second-order valence-corrected chi connectivity index (χ2v) is 5.04. The number of unbranched alkanes of at least 4 members (excludes halogenated alkanes) is 5. The number of hydrogen-bond donors (Lipinski definition) is 0. The third kappa shape index (κ3) is 6.58. The Hall–Kier alpha value is -1.11. The van der Waals surface area contributed by atoms with Gasteiger partial charge in [0, 0.05) is 6.42 Å². The number of aldehydes is 1. The van der Waals surface area contributed by atoms with Crippen LogP contribution in [-0.4, -0.2) is 6.29 Å². The lowest BCUT2D eigenvalue weighted by Crippen LogP contribution is -1.89. The van der Waals surface area contributed by atoms with Crippen molar-refractivity contribution in [3.63, 3.8) is 0 Å². The predicted octanol–water partition coefficient (Wildman–Crippen LogP) is 4.72. The van der Waals surface area contributed by atoms with Gasteiger partial charge in [0.05, 0.1) is 0 Å². The van der Waals surface area contributed by atoms with Crippen molar-refractivity contribution in [3.05, 3.63) is 35.4 Å². The van der Waals surface area contributed by atoms with Crippen molar-refractivity contribution in [2.45, 2.75) is 64.7 Å². The van der Waals surface area contributed by atoms with E-state index in [1.807, 2.05) is 0 Å². The van der Waals surface area contributed by atoms with Gasteiger partial charge in [0.1, 0.15) is 6.29 Å². The molecule has 0 aliphatic rings. The molecule has 1 nitrogen and oxygen atoms in total. The van der Waals surface area contributed by atoms with Crippen LogP contribution in [0.15, 0.2) is 24.3 Å². The molecule has 0 aliphatic carbocycles. The molecular formula is C17H26O. The van der Waals surface area contributed by atoms with E-state index in [1.54, 1.807) is 0 Å². The molecule has 0 saturated heterocycles. The molecule has 0 atom stereocenters. The molecule has 0 unspecified atom stereocenters. The average molecular weight is 246 g/mol. The summed E-state index contributed by atoms with van der Waals surface area (Å²) in [6.07, 6.45) is 11.5. The van der Waals surface area contributed by atoms with Crippen LogP contribution < -0.4 is 0 Å². The van der Waals surface area contributed by atoms with E-state index in [0.717, 1.165) is 25.5 Å². The van der Waals surface area contributed by atoms with E-state index in [0.29, 0.717) is 6.42 Å². The van der Waals surface area contributed by atoms with Crippen molar-refractivity contribution in [3.8, 4) is 0 Å². The molecule has 0 saturated carbocycles. The van der Waals surface area contributed by atoms with Gasteiger partial charge in [-0.3, -0.25) is 0 Å². The van der Waals surface area contributed by atoms with Crippen molar-refractivity contribution in [2.24, 2.45) is 0 Å². The second-order valence-electron chi connectivity index (χ2n) is 5.04. The molecule has 1 heteroatoms. The van der Waals surface area contributed by atoms with E-state index in [9.17, 15) is 4.79 Å². The zero-order chi connectivity index (χ0) is 13.1. The molecule has 0 N–H and O–H groups in total. The smallest absolute Gasteiger partial charge is 0.119 e. The highest BCUT2D eigenvalue weighted by Crippen LogP contribution is 2.11. The van der Waals surface area contributed by atoms with Gasteiger partial charge in [-0.05, 0) is 43.2 Å². The first-order chi connectivity index (χ1) is 8.86. The number of aryl methyl sites for hydroxylation is 2. The van der Waals surface area contributed by atoms with Crippen LogP contribution in [0.1, 0.15) is 63.0 Å². The quantitative estimate of drug-likeness (QED) is 0.431. The molecule has 1 aromatic rings. The SMILES string of the molecule is CCCCCCc1ccc(CCCCC=O)cc1. The van der Waals surface area contributed by atoms with Gasteiger partial charge in [-0.1, -0.05) is 50.5 Å². The fourth-order valence-corrected chi connectivity index (χ4v) is 2.19. The van der Waals surface area contributed by atoms with Crippen molar-refractivity contribution in [2.75, 3.05) is 0 Å². The first-order valence-corrected chi connectivity index (χ1v) is 7.38. The van der Waals surface area contributed by atoms with Crippen LogP contribution >= 0.6 is 0 Å². The van der Waals surface area contributed by atoms with E-state index < -0.39 is 0 Å². The van der Waals surface area contributed by atoms with Gasteiger partial charge < -0.3 is 4.79 Å². The Morgan fingerprint density at radius 3 is 1.89 bits per heavy atom. The van der Waals surface area contributed by atoms with Crippen molar-refractivity contribution < 1.29 is 4.79 Å². The largest absolute Gasteiger partial charge is 0.303 e. The maximum absolute atomic E-state index is 10.2. The van der Waals surface area contributed by atoms with E-state index in [2.05, 4.69) is 31.2 Å². The summed E-state index contributed by atoms with van der Waals surface area (Å²) in [7, 11) is 0. The molecule has 18 heavy (non-hydrogen) atoms. The number of benzene rings is 1. The lowest BCUT2D eigenvalue weighted by molar-refractivity contribution is -0.107. The number of rotatable bonds is 10. The van der Waals surface area contributed by atoms with E-state index in [1.165, 1.54) is 43.2 Å². The molecule has 1 aromatic carbocycles. The molecular weight excluding hydrogens is 220 g/mol. The zero-order valence-electron chi connectivity index (χ0n) is 11.7. The highest BCUT2D eigenvalue weighted by molar-refractivity contribution is 5.48. The fourth-order valence-electron chi connectivity index (χ4n) is 2.19. The molecule has 0 spiro atoms. The van der Waals surface area contributed by atoms with Gasteiger partial charge in [0.2, 0.25) is 0 Å². The average Bonchev–Trinajstić information content (AvgIpc) is 2.41. The molecule has 1 rings (SSSR count). The molecule has 0 bridgehead atoms. The maximum atomic E-state index is 10.2. The van der Waals surface area contributed by atoms with Gasteiger partial charge >= 0.3 is 0 Å². The Labute approximate surface area is 112 Å². The Morgan fingerprint density at radius 1 is 0.833 bits per heavy atom. The van der Waals surface area contributed by atoms with Gasteiger partial charge in [-0.25, -0.2) is 0 Å². The van der Waals surface area contributed by atoms with Crippen LogP contribution in [0.3, 0.4) is 0 Å². The number of carbonyl (C=O) groups is 1. The van der Waals surface area contributed by atoms with Crippen LogP contribution in [0, 0.1) is 0 Å². The molecule has 0 aromatic heterocycles. The Kier molecular flexibility index (Phi) is 8.20. The van der Waals surface area contributed by atoms with Gasteiger partial charge in [-0.15, -0.1) is 0 Å². The number of hydrogen-bond acceptors (Lipinski definition) is 1. The second kappa shape index (κ2) is 9.87. The highest BCUT2D eigenvalue weighted by atomic mass is 16.1. The van der Waals surface area contributed by atoms with Crippen molar-refractivity contribution >= 4 is 6.29 Å². The van der Waals surface area contributed by atoms with E-state index in [-0.39, 0.29) is 0 Å². The summed E-state index contributed by atoms with van der Waals surface area (Å²) in [5, 5.41) is 0. The van der Waals surface area contributed by atoms with Gasteiger partial charge in [0.25, 0.3) is 0 Å². The monoisotopic (exact) mass is 246 g/mol. The Balaban J connectivity index is 2.22. The summed E-state index contributed by atoms with van der Waals surface area (Å²) in [5.41, 5.74) is 2.86. The lowest BCUT2D eigenvalue weighted by Gasteiger charge is -2.04. The van der Waals surface area contributed by atoms with Crippen LogP contribution in [0.25, 0.3) is 0 Å². The summed E-state index contributed by atoms with van der Waals surface area (Å²) in [5.74, 6) is 0.